The van der Waals surface area contributed by atoms with Gasteiger partial charge in [0.15, 0.2) is 0 Å². The lowest BCUT2D eigenvalue weighted by Gasteiger charge is -2.21. The maximum atomic E-state index is 12.7. The molecule has 3 rings (SSSR count). The predicted octanol–water partition coefficient (Wildman–Crippen LogP) is 3.89. The molecule has 0 atom stereocenters. The van der Waals surface area contributed by atoms with Gasteiger partial charge in [-0.15, -0.1) is 0 Å². The molecule has 1 amide bonds. The van der Waals surface area contributed by atoms with Gasteiger partial charge in [0, 0.05) is 49.1 Å². The number of nitrogens with one attached hydrogen (secondary N) is 2. The van der Waals surface area contributed by atoms with Crippen LogP contribution in [0.15, 0.2) is 54.9 Å². The molecule has 2 N–H and O–H groups in total. The van der Waals surface area contributed by atoms with Crippen LogP contribution in [0, 0.1) is 6.92 Å². The molecule has 7 heteroatoms. The lowest BCUT2D eigenvalue weighted by molar-refractivity contribution is 0.102. The van der Waals surface area contributed by atoms with Crippen molar-refractivity contribution in [3.63, 3.8) is 0 Å². The first-order chi connectivity index (χ1) is 14.1. The van der Waals surface area contributed by atoms with Crippen LogP contribution in [0.25, 0.3) is 0 Å². The number of amides is 1. The Morgan fingerprint density at radius 1 is 1.00 bits per heavy atom. The Labute approximate surface area is 171 Å². The lowest BCUT2D eigenvalue weighted by atomic mass is 10.2. The van der Waals surface area contributed by atoms with Crippen LogP contribution in [0.1, 0.15) is 35.6 Å². The van der Waals surface area contributed by atoms with E-state index in [4.69, 9.17) is 0 Å². The molecule has 0 saturated carbocycles. The summed E-state index contributed by atoms with van der Waals surface area (Å²) >= 11 is 0. The highest BCUT2D eigenvalue weighted by Crippen LogP contribution is 2.18. The number of hydrogen-bond donors (Lipinski definition) is 2. The summed E-state index contributed by atoms with van der Waals surface area (Å²) in [5.74, 6) is 0.155. The number of aryl methyl sites for hydroxylation is 1. The van der Waals surface area contributed by atoms with Crippen molar-refractivity contribution in [1.82, 2.24) is 15.0 Å². The molecule has 0 radical (unpaired) electrons. The maximum absolute atomic E-state index is 12.7. The van der Waals surface area contributed by atoms with Gasteiger partial charge in [0.1, 0.15) is 5.69 Å². The van der Waals surface area contributed by atoms with Gasteiger partial charge in [-0.25, -0.2) is 9.97 Å². The number of benzene rings is 1. The normalized spacial score (nSPS) is 10.4. The van der Waals surface area contributed by atoms with Crippen molar-refractivity contribution >= 4 is 23.2 Å². The summed E-state index contributed by atoms with van der Waals surface area (Å²) in [6, 6.07) is 13.3. The van der Waals surface area contributed by atoms with Gasteiger partial charge in [0.25, 0.3) is 5.91 Å². The van der Waals surface area contributed by atoms with Crippen LogP contribution in [0.4, 0.5) is 17.3 Å². The van der Waals surface area contributed by atoms with Crippen molar-refractivity contribution in [1.29, 1.82) is 0 Å². The number of aromatic nitrogens is 3. The Morgan fingerprint density at radius 2 is 1.69 bits per heavy atom. The van der Waals surface area contributed by atoms with Gasteiger partial charge in [0.2, 0.25) is 5.95 Å². The summed E-state index contributed by atoms with van der Waals surface area (Å²) in [6.45, 7) is 8.53. The number of carbonyl (C=O) groups excluding carboxylic acids is 1. The third kappa shape index (κ3) is 5.51. The molecule has 0 aliphatic rings. The highest BCUT2D eigenvalue weighted by Gasteiger charge is 2.11. The second-order valence-electron chi connectivity index (χ2n) is 6.60. The van der Waals surface area contributed by atoms with E-state index in [0.717, 1.165) is 35.7 Å². The van der Waals surface area contributed by atoms with Gasteiger partial charge < -0.3 is 15.5 Å². The van der Waals surface area contributed by atoms with E-state index in [0.29, 0.717) is 18.2 Å². The fraction of sp³-hybridized carbons (Fsp3) is 0.273. The average molecular weight is 390 g/mol. The Morgan fingerprint density at radius 3 is 2.34 bits per heavy atom. The fourth-order valence-corrected chi connectivity index (χ4v) is 2.99. The van der Waals surface area contributed by atoms with E-state index in [-0.39, 0.29) is 5.91 Å². The van der Waals surface area contributed by atoms with E-state index in [2.05, 4.69) is 44.3 Å². The molecule has 29 heavy (non-hydrogen) atoms. The first-order valence-corrected chi connectivity index (χ1v) is 9.74. The topological polar surface area (TPSA) is 83.0 Å². The molecule has 1 aromatic carbocycles. The Hall–Kier alpha value is -3.48. The van der Waals surface area contributed by atoms with Crippen LogP contribution in [-0.2, 0) is 6.54 Å². The minimum atomic E-state index is -0.266. The summed E-state index contributed by atoms with van der Waals surface area (Å²) in [7, 11) is 0. The zero-order valence-electron chi connectivity index (χ0n) is 17.0. The molecule has 0 fully saturated rings. The molecular formula is C22H26N6O. The van der Waals surface area contributed by atoms with Crippen LogP contribution in [0.3, 0.4) is 0 Å². The zero-order chi connectivity index (χ0) is 20.6. The van der Waals surface area contributed by atoms with Crippen molar-refractivity contribution in [3.05, 3.63) is 71.8 Å². The first kappa shape index (κ1) is 20.3. The Bertz CT molecular complexity index is 939. The fourth-order valence-electron chi connectivity index (χ4n) is 2.99. The summed E-state index contributed by atoms with van der Waals surface area (Å²) in [6.07, 6.45) is 3.47. The van der Waals surface area contributed by atoms with Gasteiger partial charge in [0.05, 0.1) is 0 Å². The van der Waals surface area contributed by atoms with Crippen molar-refractivity contribution in [2.24, 2.45) is 0 Å². The molecule has 0 saturated heterocycles. The third-order valence-electron chi connectivity index (χ3n) is 4.54. The summed E-state index contributed by atoms with van der Waals surface area (Å²) in [5, 5.41) is 6.06. The molecule has 0 unspecified atom stereocenters. The molecule has 2 aromatic heterocycles. The molecule has 2 heterocycles. The smallest absolute Gasteiger partial charge is 0.274 e. The number of anilines is 3. The largest absolute Gasteiger partial charge is 0.372 e. The Kier molecular flexibility index (Phi) is 6.73. The average Bonchev–Trinajstić information content (AvgIpc) is 2.74. The van der Waals surface area contributed by atoms with Crippen LogP contribution < -0.4 is 15.5 Å². The SMILES string of the molecule is CCN(CC)c1ccc(NC(=O)c2cc(C)nc(NCc3ccncc3)n2)cc1. The van der Waals surface area contributed by atoms with E-state index in [9.17, 15) is 4.79 Å². The van der Waals surface area contributed by atoms with Gasteiger partial charge in [-0.2, -0.15) is 0 Å². The summed E-state index contributed by atoms with van der Waals surface area (Å²) in [5.41, 5.74) is 3.97. The molecule has 7 nitrogen and oxygen atoms in total. The molecular weight excluding hydrogens is 364 g/mol. The first-order valence-electron chi connectivity index (χ1n) is 9.74. The second-order valence-corrected chi connectivity index (χ2v) is 6.60. The monoisotopic (exact) mass is 390 g/mol. The van der Waals surface area contributed by atoms with Gasteiger partial charge >= 0.3 is 0 Å². The molecule has 0 spiro atoms. The van der Waals surface area contributed by atoms with E-state index in [1.54, 1.807) is 18.5 Å². The predicted molar refractivity (Wildman–Crippen MR) is 116 cm³/mol. The van der Waals surface area contributed by atoms with E-state index >= 15 is 0 Å². The molecule has 3 aromatic rings. The van der Waals surface area contributed by atoms with E-state index < -0.39 is 0 Å². The molecule has 0 aliphatic carbocycles. The Balaban J connectivity index is 1.68. The number of carbonyl (C=O) groups is 1. The van der Waals surface area contributed by atoms with Gasteiger partial charge in [-0.05, 0) is 68.8 Å². The number of hydrogen-bond acceptors (Lipinski definition) is 6. The summed E-state index contributed by atoms with van der Waals surface area (Å²) < 4.78 is 0. The standard InChI is InChI=1S/C22H26N6O/c1-4-28(5-2)19-8-6-18(7-9-19)26-21(29)20-14-16(3)25-22(27-20)24-15-17-10-12-23-13-11-17/h6-14H,4-5,15H2,1-3H3,(H,26,29)(H,24,25,27). The zero-order valence-corrected chi connectivity index (χ0v) is 17.0. The van der Waals surface area contributed by atoms with Crippen LogP contribution in [0.2, 0.25) is 0 Å². The van der Waals surface area contributed by atoms with Crippen molar-refractivity contribution < 1.29 is 4.79 Å². The minimum Gasteiger partial charge on any atom is -0.372 e. The van der Waals surface area contributed by atoms with Gasteiger partial charge in [-0.1, -0.05) is 0 Å². The van der Waals surface area contributed by atoms with Crippen molar-refractivity contribution in [2.45, 2.75) is 27.3 Å². The minimum absolute atomic E-state index is 0.266. The van der Waals surface area contributed by atoms with Crippen LogP contribution >= 0.6 is 0 Å². The second kappa shape index (κ2) is 9.64. The van der Waals surface area contributed by atoms with Crippen molar-refractivity contribution in [2.75, 3.05) is 28.6 Å². The number of pyridine rings is 1. The molecule has 0 aliphatic heterocycles. The lowest BCUT2D eigenvalue weighted by Crippen LogP contribution is -2.21. The third-order valence-corrected chi connectivity index (χ3v) is 4.54. The summed E-state index contributed by atoms with van der Waals surface area (Å²) in [4.78, 5) is 27.7. The van der Waals surface area contributed by atoms with E-state index in [1.165, 1.54) is 0 Å². The molecule has 150 valence electrons. The maximum Gasteiger partial charge on any atom is 0.274 e. The van der Waals surface area contributed by atoms with Gasteiger partial charge in [-0.3, -0.25) is 9.78 Å². The highest BCUT2D eigenvalue weighted by molar-refractivity contribution is 6.03. The molecule has 0 bridgehead atoms. The highest BCUT2D eigenvalue weighted by atomic mass is 16.1. The number of nitrogens with zero attached hydrogens (tertiary/aromatic N) is 4. The van der Waals surface area contributed by atoms with Crippen LogP contribution in [0.5, 0.6) is 0 Å². The van der Waals surface area contributed by atoms with Crippen LogP contribution in [-0.4, -0.2) is 33.9 Å². The van der Waals surface area contributed by atoms with E-state index in [1.807, 2.05) is 43.3 Å². The number of rotatable bonds is 8. The van der Waals surface area contributed by atoms with Crippen molar-refractivity contribution in [3.8, 4) is 0 Å². The quantitative estimate of drug-likeness (QED) is 0.607.